The Kier molecular flexibility index (Phi) is 12.0. The van der Waals surface area contributed by atoms with Crippen molar-refractivity contribution in [2.24, 2.45) is 22.2 Å². The van der Waals surface area contributed by atoms with Crippen LogP contribution in [0.4, 0.5) is 0 Å². The molecule has 0 radical (unpaired) electrons. The smallest absolute Gasteiger partial charge is 0.327 e. The monoisotopic (exact) mass is 551 g/mol. The van der Waals surface area contributed by atoms with Gasteiger partial charge in [0.25, 0.3) is 0 Å². The molecule has 0 saturated heterocycles. The molecule has 12 N–H and O–H groups in total. The molecule has 0 saturated carbocycles. The van der Waals surface area contributed by atoms with E-state index < -0.39 is 47.9 Å². The van der Waals surface area contributed by atoms with Gasteiger partial charge in [0, 0.05) is 48.9 Å². The number of amides is 3. The fourth-order valence-corrected chi connectivity index (χ4v) is 3.56. The normalized spacial score (nSPS) is 13.9. The average Bonchev–Trinajstić information content (AvgIpc) is 3.58. The minimum Gasteiger partial charge on any atom is -0.480 e. The third-order valence-electron chi connectivity index (χ3n) is 5.33. The molecular weight excluding hydrogens is 518 g/mol. The molecule has 208 valence electrons. The van der Waals surface area contributed by atoms with Gasteiger partial charge in [-0.05, 0) is 12.8 Å². The summed E-state index contributed by atoms with van der Waals surface area (Å²) >= 11 is 3.95. The maximum Gasteiger partial charge on any atom is 0.327 e. The number of rotatable bonds is 16. The van der Waals surface area contributed by atoms with Crippen molar-refractivity contribution in [1.29, 1.82) is 0 Å². The number of aromatic amines is 2. The maximum absolute atomic E-state index is 13.3. The minimum absolute atomic E-state index is 0.0189. The lowest BCUT2D eigenvalue weighted by Crippen LogP contribution is -2.58. The summed E-state index contributed by atoms with van der Waals surface area (Å²) < 4.78 is 0. The van der Waals surface area contributed by atoms with Crippen LogP contribution in [0.25, 0.3) is 0 Å². The number of carboxylic acid groups (broad SMARTS) is 1. The number of nitrogens with two attached hydrogens (primary N) is 3. The second-order valence-corrected chi connectivity index (χ2v) is 8.69. The summed E-state index contributed by atoms with van der Waals surface area (Å²) in [4.78, 5) is 67.7. The molecule has 4 unspecified atom stereocenters. The SMILES string of the molecule is NC(N)=NCCCC(N)C(=O)NC(Cc1cnc[nH]1)C(=O)NC(Cc1cnc[nH]1)C(=O)NC(CS)C(=O)O. The zero-order chi connectivity index (χ0) is 28.1. The molecule has 0 spiro atoms. The summed E-state index contributed by atoms with van der Waals surface area (Å²) in [5.41, 5.74) is 17.6. The van der Waals surface area contributed by atoms with Crippen LogP contribution in [0.2, 0.25) is 0 Å². The van der Waals surface area contributed by atoms with Crippen molar-refractivity contribution >= 4 is 42.3 Å². The molecule has 17 heteroatoms. The number of H-pyrrole nitrogens is 2. The van der Waals surface area contributed by atoms with Crippen molar-refractivity contribution in [2.75, 3.05) is 12.3 Å². The van der Waals surface area contributed by atoms with Gasteiger partial charge in [0.1, 0.15) is 18.1 Å². The van der Waals surface area contributed by atoms with E-state index in [2.05, 4.69) is 53.5 Å². The third kappa shape index (κ3) is 10.1. The Bertz CT molecular complexity index is 1070. The van der Waals surface area contributed by atoms with Crippen LogP contribution in [0.15, 0.2) is 30.0 Å². The molecule has 2 heterocycles. The molecular formula is C21H33N11O5S. The van der Waals surface area contributed by atoms with Gasteiger partial charge in [-0.1, -0.05) is 0 Å². The number of hydrogen-bond acceptors (Lipinski definition) is 9. The quantitative estimate of drug-likeness (QED) is 0.0431. The number of nitrogens with one attached hydrogen (secondary N) is 5. The number of carbonyl (C=O) groups is 4. The highest BCUT2D eigenvalue weighted by Crippen LogP contribution is 2.05. The maximum atomic E-state index is 13.3. The van der Waals surface area contributed by atoms with Crippen molar-refractivity contribution < 1.29 is 24.3 Å². The van der Waals surface area contributed by atoms with E-state index in [9.17, 15) is 24.3 Å². The highest BCUT2D eigenvalue weighted by atomic mass is 32.1. The Labute approximate surface area is 223 Å². The van der Waals surface area contributed by atoms with E-state index in [1.807, 2.05) is 0 Å². The van der Waals surface area contributed by atoms with Crippen LogP contribution in [0.3, 0.4) is 0 Å². The number of imidazole rings is 2. The van der Waals surface area contributed by atoms with Crippen molar-refractivity contribution in [3.05, 3.63) is 36.4 Å². The van der Waals surface area contributed by atoms with Crippen LogP contribution in [-0.4, -0.2) is 91.2 Å². The first-order valence-corrected chi connectivity index (χ1v) is 12.2. The van der Waals surface area contributed by atoms with E-state index in [-0.39, 0.29) is 37.5 Å². The van der Waals surface area contributed by atoms with Crippen molar-refractivity contribution in [3.63, 3.8) is 0 Å². The minimum atomic E-state index is -1.28. The number of guanidine groups is 1. The topological polar surface area (TPSA) is 272 Å². The fourth-order valence-electron chi connectivity index (χ4n) is 3.31. The lowest BCUT2D eigenvalue weighted by molar-refractivity contribution is -0.141. The van der Waals surface area contributed by atoms with E-state index in [1.165, 1.54) is 25.0 Å². The van der Waals surface area contributed by atoms with E-state index in [4.69, 9.17) is 17.2 Å². The van der Waals surface area contributed by atoms with Gasteiger partial charge >= 0.3 is 5.97 Å². The highest BCUT2D eigenvalue weighted by Gasteiger charge is 2.31. The molecule has 4 atom stereocenters. The average molecular weight is 552 g/mol. The molecule has 38 heavy (non-hydrogen) atoms. The zero-order valence-electron chi connectivity index (χ0n) is 20.5. The first-order valence-electron chi connectivity index (χ1n) is 11.6. The molecule has 2 aromatic rings. The molecule has 2 rings (SSSR count). The molecule has 2 aromatic heterocycles. The number of hydrogen-bond donors (Lipinski definition) is 10. The van der Waals surface area contributed by atoms with E-state index in [1.54, 1.807) is 0 Å². The zero-order valence-corrected chi connectivity index (χ0v) is 21.4. The van der Waals surface area contributed by atoms with Gasteiger partial charge < -0.3 is 48.2 Å². The first kappa shape index (κ1) is 30.1. The number of nitrogens with zero attached hydrogens (tertiary/aromatic N) is 3. The van der Waals surface area contributed by atoms with Crippen LogP contribution >= 0.6 is 12.6 Å². The number of aromatic nitrogens is 4. The van der Waals surface area contributed by atoms with Crippen molar-refractivity contribution in [1.82, 2.24) is 35.9 Å². The Hall–Kier alpha value is -4.12. The standard InChI is InChI=1S/C21H33N11O5S/c22-13(2-1-3-27-21(23)24)17(33)30-14(4-11-6-25-9-28-11)18(34)31-15(5-12-7-26-10-29-12)19(35)32-16(8-38)20(36)37/h6-7,9-10,13-16,38H,1-5,8,22H2,(H,25,28)(H,26,29)(H,30,33)(H,31,34)(H,32,35)(H,36,37)(H4,23,24,27). The van der Waals surface area contributed by atoms with E-state index in [0.717, 1.165) is 0 Å². The van der Waals surface area contributed by atoms with Gasteiger partial charge in [-0.2, -0.15) is 12.6 Å². The summed E-state index contributed by atoms with van der Waals surface area (Å²) in [7, 11) is 0. The van der Waals surface area contributed by atoms with Gasteiger partial charge in [0.2, 0.25) is 17.7 Å². The number of carboxylic acids is 1. The molecule has 0 bridgehead atoms. The summed E-state index contributed by atoms with van der Waals surface area (Å²) in [6.07, 6.45) is 6.45. The number of thiol groups is 1. The Morgan fingerprint density at radius 1 is 0.921 bits per heavy atom. The van der Waals surface area contributed by atoms with Crippen LogP contribution in [0.5, 0.6) is 0 Å². The number of aliphatic carboxylic acids is 1. The molecule has 3 amide bonds. The van der Waals surface area contributed by atoms with Crippen LogP contribution in [-0.2, 0) is 32.0 Å². The van der Waals surface area contributed by atoms with Gasteiger partial charge in [0.05, 0.1) is 18.7 Å². The third-order valence-corrected chi connectivity index (χ3v) is 5.69. The molecule has 0 fully saturated rings. The van der Waals surface area contributed by atoms with E-state index in [0.29, 0.717) is 17.8 Å². The summed E-state index contributed by atoms with van der Waals surface area (Å²) in [5.74, 6) is -3.55. The predicted octanol–water partition coefficient (Wildman–Crippen LogP) is -3.23. The number of carbonyl (C=O) groups excluding carboxylic acids is 3. The Morgan fingerprint density at radius 3 is 1.84 bits per heavy atom. The second-order valence-electron chi connectivity index (χ2n) is 8.32. The van der Waals surface area contributed by atoms with Gasteiger partial charge in [-0.25, -0.2) is 14.8 Å². The lowest BCUT2D eigenvalue weighted by Gasteiger charge is -2.24. The van der Waals surface area contributed by atoms with Gasteiger partial charge in [-0.3, -0.25) is 19.4 Å². The summed E-state index contributed by atoms with van der Waals surface area (Å²) in [6.45, 7) is 0.287. The highest BCUT2D eigenvalue weighted by molar-refractivity contribution is 7.80. The number of aliphatic imine (C=N–C) groups is 1. The van der Waals surface area contributed by atoms with Gasteiger partial charge in [0.15, 0.2) is 5.96 Å². The van der Waals surface area contributed by atoms with Crippen LogP contribution < -0.4 is 33.2 Å². The van der Waals surface area contributed by atoms with Crippen LogP contribution in [0, 0.1) is 0 Å². The Balaban J connectivity index is 2.16. The predicted molar refractivity (Wildman–Crippen MR) is 140 cm³/mol. The molecule has 0 aliphatic carbocycles. The summed E-state index contributed by atoms with van der Waals surface area (Å²) in [5, 5.41) is 16.8. The van der Waals surface area contributed by atoms with Crippen molar-refractivity contribution in [3.8, 4) is 0 Å². The van der Waals surface area contributed by atoms with Gasteiger partial charge in [-0.15, -0.1) is 0 Å². The van der Waals surface area contributed by atoms with Crippen LogP contribution in [0.1, 0.15) is 24.2 Å². The molecule has 0 aliphatic heterocycles. The molecule has 0 aliphatic rings. The van der Waals surface area contributed by atoms with E-state index >= 15 is 0 Å². The first-order chi connectivity index (χ1) is 18.1. The molecule has 0 aromatic carbocycles. The molecule has 16 nitrogen and oxygen atoms in total. The second kappa shape index (κ2) is 15.2. The Morgan fingerprint density at radius 2 is 1.42 bits per heavy atom. The van der Waals surface area contributed by atoms with Crippen molar-refractivity contribution in [2.45, 2.75) is 49.9 Å². The largest absolute Gasteiger partial charge is 0.480 e. The fraction of sp³-hybridized carbons (Fsp3) is 0.476. The lowest BCUT2D eigenvalue weighted by atomic mass is 10.1. The summed E-state index contributed by atoms with van der Waals surface area (Å²) in [6, 6.07) is -4.55.